The first-order valence-electron chi connectivity index (χ1n) is 5.51. The van der Waals surface area contributed by atoms with Crippen molar-refractivity contribution in [3.8, 4) is 5.75 Å². The van der Waals surface area contributed by atoms with Gasteiger partial charge in [0.25, 0.3) is 0 Å². The number of halogens is 1. The standard InChI is InChI=1S/C10H9BClNO5/c12-6-1-2-7-10-9(6)8(5-13(14)15)18-11(10)17-4-3-16-7/h1-2,8H,3-5H2. The van der Waals surface area contributed by atoms with Gasteiger partial charge in [0.1, 0.15) is 18.5 Å². The van der Waals surface area contributed by atoms with Crippen LogP contribution in [0, 0.1) is 10.1 Å². The van der Waals surface area contributed by atoms with E-state index in [1.165, 1.54) is 0 Å². The molecule has 0 saturated carbocycles. The van der Waals surface area contributed by atoms with E-state index in [4.69, 9.17) is 25.6 Å². The van der Waals surface area contributed by atoms with Crippen LogP contribution in [0.15, 0.2) is 12.1 Å². The summed E-state index contributed by atoms with van der Waals surface area (Å²) in [6.45, 7) is 0.464. The summed E-state index contributed by atoms with van der Waals surface area (Å²) in [5, 5.41) is 11.1. The maximum absolute atomic E-state index is 10.7. The maximum Gasteiger partial charge on any atom is 0.498 e. The third kappa shape index (κ3) is 1.84. The minimum atomic E-state index is -0.686. The lowest BCUT2D eigenvalue weighted by Crippen LogP contribution is -2.31. The van der Waals surface area contributed by atoms with Crippen molar-refractivity contribution in [1.82, 2.24) is 0 Å². The molecule has 0 spiro atoms. The summed E-state index contributed by atoms with van der Waals surface area (Å²) in [5.74, 6) is 0.628. The van der Waals surface area contributed by atoms with Gasteiger partial charge in [0.15, 0.2) is 0 Å². The topological polar surface area (TPSA) is 70.8 Å². The Hall–Kier alpha value is -1.31. The van der Waals surface area contributed by atoms with Gasteiger partial charge in [-0.25, -0.2) is 0 Å². The molecule has 8 heteroatoms. The molecule has 2 aliphatic rings. The average Bonchev–Trinajstić information content (AvgIpc) is 2.53. The van der Waals surface area contributed by atoms with E-state index < -0.39 is 18.1 Å². The van der Waals surface area contributed by atoms with E-state index in [2.05, 4.69) is 0 Å². The van der Waals surface area contributed by atoms with Gasteiger partial charge in [-0.05, 0) is 12.1 Å². The molecular weight excluding hydrogens is 260 g/mol. The molecule has 0 N–H and O–H groups in total. The van der Waals surface area contributed by atoms with Gasteiger partial charge in [-0.1, -0.05) is 11.6 Å². The molecule has 6 nitrogen and oxygen atoms in total. The van der Waals surface area contributed by atoms with Gasteiger partial charge in [-0.2, -0.15) is 0 Å². The lowest BCUT2D eigenvalue weighted by atomic mass is 9.78. The van der Waals surface area contributed by atoms with Crippen LogP contribution in [0.1, 0.15) is 11.7 Å². The smallest absolute Gasteiger partial charge is 0.492 e. The van der Waals surface area contributed by atoms with Crippen LogP contribution in [0.25, 0.3) is 0 Å². The van der Waals surface area contributed by atoms with E-state index in [1.807, 2.05) is 0 Å². The molecule has 0 aliphatic carbocycles. The first-order valence-corrected chi connectivity index (χ1v) is 5.88. The molecule has 2 aliphatic heterocycles. The Labute approximate surface area is 108 Å². The number of ether oxygens (including phenoxy) is 1. The van der Waals surface area contributed by atoms with Crippen LogP contribution in [0.4, 0.5) is 0 Å². The van der Waals surface area contributed by atoms with Crippen molar-refractivity contribution < 1.29 is 19.0 Å². The summed E-state index contributed by atoms with van der Waals surface area (Å²) in [4.78, 5) is 10.2. The summed E-state index contributed by atoms with van der Waals surface area (Å²) in [6.07, 6.45) is -0.686. The monoisotopic (exact) mass is 269 g/mol. The minimum absolute atomic E-state index is 0.337. The van der Waals surface area contributed by atoms with Crippen LogP contribution in [0.3, 0.4) is 0 Å². The Kier molecular flexibility index (Phi) is 2.89. The van der Waals surface area contributed by atoms with Crippen molar-refractivity contribution in [2.45, 2.75) is 6.10 Å². The molecule has 1 aromatic carbocycles. The van der Waals surface area contributed by atoms with E-state index in [1.54, 1.807) is 12.1 Å². The normalized spacial score (nSPS) is 21.2. The van der Waals surface area contributed by atoms with Crippen molar-refractivity contribution in [3.63, 3.8) is 0 Å². The molecule has 0 fully saturated rings. The second kappa shape index (κ2) is 4.42. The molecule has 0 radical (unpaired) electrons. The summed E-state index contributed by atoms with van der Waals surface area (Å²) >= 11 is 6.11. The number of nitrogens with zero attached hydrogens (tertiary/aromatic N) is 1. The number of nitro groups is 1. The largest absolute Gasteiger partial charge is 0.498 e. The molecule has 94 valence electrons. The summed E-state index contributed by atoms with van der Waals surface area (Å²) in [6, 6.07) is 3.40. The third-order valence-corrected chi connectivity index (χ3v) is 3.29. The van der Waals surface area contributed by atoms with Gasteiger partial charge >= 0.3 is 7.12 Å². The summed E-state index contributed by atoms with van der Waals surface area (Å²) < 4.78 is 16.5. The van der Waals surface area contributed by atoms with Crippen molar-refractivity contribution in [1.29, 1.82) is 0 Å². The van der Waals surface area contributed by atoms with Crippen molar-refractivity contribution in [2.24, 2.45) is 0 Å². The highest BCUT2D eigenvalue weighted by Gasteiger charge is 2.44. The fraction of sp³-hybridized carbons (Fsp3) is 0.400. The van der Waals surface area contributed by atoms with E-state index in [0.717, 1.165) is 0 Å². The number of benzene rings is 1. The zero-order chi connectivity index (χ0) is 12.7. The SMILES string of the molecule is O=[N+]([O-])CC1OB2OCCOc3ccc(Cl)c1c32. The van der Waals surface area contributed by atoms with Crippen LogP contribution in [0.5, 0.6) is 5.75 Å². The Balaban J connectivity index is 2.08. The molecule has 1 atom stereocenters. The number of hydrogen-bond donors (Lipinski definition) is 0. The highest BCUT2D eigenvalue weighted by molar-refractivity contribution is 6.64. The maximum atomic E-state index is 10.7. The zero-order valence-electron chi connectivity index (χ0n) is 9.30. The van der Waals surface area contributed by atoms with Crippen molar-refractivity contribution in [3.05, 3.63) is 32.8 Å². The fourth-order valence-corrected chi connectivity index (χ4v) is 2.56. The minimum Gasteiger partial charge on any atom is -0.492 e. The van der Waals surface area contributed by atoms with Crippen LogP contribution in [-0.2, 0) is 9.31 Å². The lowest BCUT2D eigenvalue weighted by Gasteiger charge is -2.11. The van der Waals surface area contributed by atoms with Gasteiger partial charge in [-0.3, -0.25) is 10.1 Å². The van der Waals surface area contributed by atoms with Crippen LogP contribution < -0.4 is 10.2 Å². The van der Waals surface area contributed by atoms with Crippen LogP contribution >= 0.6 is 11.6 Å². The van der Waals surface area contributed by atoms with E-state index in [0.29, 0.717) is 35.0 Å². The Morgan fingerprint density at radius 1 is 1.50 bits per heavy atom. The predicted octanol–water partition coefficient (Wildman–Crippen LogP) is 0.792. The third-order valence-electron chi connectivity index (χ3n) is 2.96. The predicted molar refractivity (Wildman–Crippen MR) is 64.0 cm³/mol. The second-order valence-corrected chi connectivity index (χ2v) is 4.47. The first-order chi connectivity index (χ1) is 8.66. The van der Waals surface area contributed by atoms with Gasteiger partial charge in [0, 0.05) is 21.0 Å². The summed E-state index contributed by atoms with van der Waals surface area (Å²) in [7, 11) is -0.624. The molecule has 2 heterocycles. The first kappa shape index (κ1) is 11.8. The zero-order valence-corrected chi connectivity index (χ0v) is 10.1. The van der Waals surface area contributed by atoms with Gasteiger partial charge in [0.05, 0.1) is 6.61 Å². The van der Waals surface area contributed by atoms with Crippen molar-refractivity contribution >= 4 is 24.2 Å². The molecule has 0 bridgehead atoms. The van der Waals surface area contributed by atoms with Gasteiger partial charge in [0.2, 0.25) is 6.54 Å². The molecule has 3 rings (SSSR count). The molecule has 18 heavy (non-hydrogen) atoms. The number of hydrogen-bond acceptors (Lipinski definition) is 5. The van der Waals surface area contributed by atoms with E-state index in [-0.39, 0.29) is 6.54 Å². The summed E-state index contributed by atoms with van der Waals surface area (Å²) in [5.41, 5.74) is 1.30. The lowest BCUT2D eigenvalue weighted by molar-refractivity contribution is -0.490. The molecule has 0 aromatic heterocycles. The Morgan fingerprint density at radius 2 is 2.33 bits per heavy atom. The quantitative estimate of drug-likeness (QED) is 0.451. The molecule has 0 amide bonds. The molecule has 0 saturated heterocycles. The van der Waals surface area contributed by atoms with Gasteiger partial charge in [-0.15, -0.1) is 0 Å². The van der Waals surface area contributed by atoms with Crippen LogP contribution in [-0.4, -0.2) is 31.8 Å². The highest BCUT2D eigenvalue weighted by atomic mass is 35.5. The Morgan fingerprint density at radius 3 is 3.11 bits per heavy atom. The molecular formula is C10H9BClNO5. The average molecular weight is 269 g/mol. The van der Waals surface area contributed by atoms with Gasteiger partial charge < -0.3 is 14.0 Å². The Bertz CT molecular complexity index is 511. The number of rotatable bonds is 2. The van der Waals surface area contributed by atoms with Crippen LogP contribution in [0.2, 0.25) is 5.02 Å². The molecule has 1 unspecified atom stereocenters. The molecule has 1 aromatic rings. The fourth-order valence-electron chi connectivity index (χ4n) is 2.27. The second-order valence-electron chi connectivity index (χ2n) is 4.06. The highest BCUT2D eigenvalue weighted by Crippen LogP contribution is 2.35. The van der Waals surface area contributed by atoms with E-state index >= 15 is 0 Å². The van der Waals surface area contributed by atoms with E-state index in [9.17, 15) is 10.1 Å². The van der Waals surface area contributed by atoms with Crippen molar-refractivity contribution in [2.75, 3.05) is 19.8 Å².